The van der Waals surface area contributed by atoms with E-state index in [0.717, 1.165) is 44.3 Å². The summed E-state index contributed by atoms with van der Waals surface area (Å²) in [7, 11) is 1.59. The lowest BCUT2D eigenvalue weighted by atomic mass is 9.74. The lowest BCUT2D eigenvalue weighted by Crippen LogP contribution is -2.47. The number of carbonyl (C=O) groups excluding carboxylic acids is 1. The standard InChI is InChI=1S/C16H25N3O2/c1-3-5-16(6-9-17-10-7-16)15(20)19-12-13-4-8-18-14(11-13)21-2/h4,8,11,17H,3,5-7,9-10,12H2,1-2H3,(H,19,20). The minimum Gasteiger partial charge on any atom is -0.481 e. The predicted molar refractivity (Wildman–Crippen MR) is 82.1 cm³/mol. The summed E-state index contributed by atoms with van der Waals surface area (Å²) in [6, 6.07) is 3.76. The van der Waals surface area contributed by atoms with Crippen molar-refractivity contribution in [1.29, 1.82) is 0 Å². The molecule has 1 amide bonds. The summed E-state index contributed by atoms with van der Waals surface area (Å²) in [6.45, 7) is 4.52. The molecule has 21 heavy (non-hydrogen) atoms. The third-order valence-corrected chi connectivity index (χ3v) is 4.23. The molecule has 1 aromatic rings. The van der Waals surface area contributed by atoms with Crippen molar-refractivity contribution in [3.8, 4) is 5.88 Å². The fraction of sp³-hybridized carbons (Fsp3) is 0.625. The van der Waals surface area contributed by atoms with Crippen LogP contribution in [-0.4, -0.2) is 31.1 Å². The Hall–Kier alpha value is -1.62. The highest BCUT2D eigenvalue weighted by Crippen LogP contribution is 2.34. The van der Waals surface area contributed by atoms with E-state index in [1.807, 2.05) is 12.1 Å². The van der Waals surface area contributed by atoms with Crippen LogP contribution in [0.25, 0.3) is 0 Å². The van der Waals surface area contributed by atoms with Gasteiger partial charge in [0.25, 0.3) is 0 Å². The molecular weight excluding hydrogens is 266 g/mol. The van der Waals surface area contributed by atoms with Gasteiger partial charge in [0.1, 0.15) is 0 Å². The van der Waals surface area contributed by atoms with Crippen LogP contribution in [0.5, 0.6) is 5.88 Å². The Balaban J connectivity index is 1.98. The van der Waals surface area contributed by atoms with Crippen molar-refractivity contribution >= 4 is 5.91 Å². The highest BCUT2D eigenvalue weighted by Gasteiger charge is 2.38. The fourth-order valence-corrected chi connectivity index (χ4v) is 3.02. The molecule has 5 heteroatoms. The number of amides is 1. The second-order valence-electron chi connectivity index (χ2n) is 5.67. The van der Waals surface area contributed by atoms with E-state index in [0.29, 0.717) is 12.4 Å². The van der Waals surface area contributed by atoms with Crippen molar-refractivity contribution in [3.05, 3.63) is 23.9 Å². The van der Waals surface area contributed by atoms with E-state index in [1.54, 1.807) is 13.3 Å². The third-order valence-electron chi connectivity index (χ3n) is 4.23. The lowest BCUT2D eigenvalue weighted by molar-refractivity contribution is -0.133. The van der Waals surface area contributed by atoms with Gasteiger partial charge < -0.3 is 15.4 Å². The van der Waals surface area contributed by atoms with Gasteiger partial charge in [-0.25, -0.2) is 4.98 Å². The highest BCUT2D eigenvalue weighted by molar-refractivity contribution is 5.82. The summed E-state index contributed by atoms with van der Waals surface area (Å²) in [5.74, 6) is 0.758. The fourth-order valence-electron chi connectivity index (χ4n) is 3.02. The number of pyridine rings is 1. The zero-order valence-corrected chi connectivity index (χ0v) is 12.9. The zero-order chi connectivity index (χ0) is 15.1. The minimum absolute atomic E-state index is 0.182. The number of piperidine rings is 1. The third kappa shape index (κ3) is 3.94. The largest absolute Gasteiger partial charge is 0.481 e. The molecular formula is C16H25N3O2. The van der Waals surface area contributed by atoms with E-state index >= 15 is 0 Å². The van der Waals surface area contributed by atoms with Gasteiger partial charge in [-0.2, -0.15) is 0 Å². The number of carbonyl (C=O) groups is 1. The maximum Gasteiger partial charge on any atom is 0.226 e. The number of methoxy groups -OCH3 is 1. The zero-order valence-electron chi connectivity index (χ0n) is 12.9. The van der Waals surface area contributed by atoms with Crippen molar-refractivity contribution in [2.75, 3.05) is 20.2 Å². The van der Waals surface area contributed by atoms with Gasteiger partial charge in [0, 0.05) is 18.8 Å². The smallest absolute Gasteiger partial charge is 0.226 e. The van der Waals surface area contributed by atoms with Crippen LogP contribution in [0.2, 0.25) is 0 Å². The molecule has 1 aromatic heterocycles. The number of aromatic nitrogens is 1. The Morgan fingerprint density at radius 3 is 2.90 bits per heavy atom. The Labute approximate surface area is 126 Å². The summed E-state index contributed by atoms with van der Waals surface area (Å²) >= 11 is 0. The number of nitrogens with zero attached hydrogens (tertiary/aromatic N) is 1. The van der Waals surface area contributed by atoms with Crippen LogP contribution in [0.15, 0.2) is 18.3 Å². The summed E-state index contributed by atoms with van der Waals surface area (Å²) in [6.07, 6.45) is 5.54. The van der Waals surface area contributed by atoms with Crippen molar-refractivity contribution in [1.82, 2.24) is 15.6 Å². The first kappa shape index (κ1) is 15.8. The van der Waals surface area contributed by atoms with Crippen LogP contribution >= 0.6 is 0 Å². The Morgan fingerprint density at radius 1 is 1.48 bits per heavy atom. The molecule has 0 atom stereocenters. The van der Waals surface area contributed by atoms with E-state index in [1.165, 1.54) is 0 Å². The molecule has 0 bridgehead atoms. The van der Waals surface area contributed by atoms with E-state index in [4.69, 9.17) is 4.74 Å². The molecule has 116 valence electrons. The molecule has 0 aromatic carbocycles. The first-order valence-electron chi connectivity index (χ1n) is 7.68. The van der Waals surface area contributed by atoms with Crippen LogP contribution in [-0.2, 0) is 11.3 Å². The van der Waals surface area contributed by atoms with E-state index in [2.05, 4.69) is 22.5 Å². The van der Waals surface area contributed by atoms with Gasteiger partial charge in [0.15, 0.2) is 0 Å². The van der Waals surface area contributed by atoms with E-state index in [-0.39, 0.29) is 11.3 Å². The second kappa shape index (κ2) is 7.41. The molecule has 0 unspecified atom stereocenters. The van der Waals surface area contributed by atoms with E-state index < -0.39 is 0 Å². The second-order valence-corrected chi connectivity index (χ2v) is 5.67. The van der Waals surface area contributed by atoms with Crippen molar-refractivity contribution in [2.24, 2.45) is 5.41 Å². The van der Waals surface area contributed by atoms with Crippen molar-refractivity contribution in [3.63, 3.8) is 0 Å². The average molecular weight is 291 g/mol. The molecule has 0 radical (unpaired) electrons. The summed E-state index contributed by atoms with van der Waals surface area (Å²) in [5.41, 5.74) is 0.813. The predicted octanol–water partition coefficient (Wildman–Crippen LogP) is 1.88. The van der Waals surface area contributed by atoms with Gasteiger partial charge >= 0.3 is 0 Å². The highest BCUT2D eigenvalue weighted by atomic mass is 16.5. The maximum absolute atomic E-state index is 12.7. The number of ether oxygens (including phenoxy) is 1. The lowest BCUT2D eigenvalue weighted by Gasteiger charge is -2.36. The Morgan fingerprint density at radius 2 is 2.24 bits per heavy atom. The topological polar surface area (TPSA) is 63.2 Å². The Kier molecular flexibility index (Phi) is 5.56. The number of rotatable bonds is 6. The summed E-state index contributed by atoms with van der Waals surface area (Å²) in [4.78, 5) is 16.7. The molecule has 1 aliphatic heterocycles. The molecule has 2 heterocycles. The van der Waals surface area contributed by atoms with Gasteiger partial charge in [-0.1, -0.05) is 13.3 Å². The minimum atomic E-state index is -0.197. The van der Waals surface area contributed by atoms with Gasteiger partial charge in [-0.15, -0.1) is 0 Å². The molecule has 1 aliphatic rings. The normalized spacial score (nSPS) is 17.2. The SMILES string of the molecule is CCCC1(C(=O)NCc2ccnc(OC)c2)CCNCC1. The molecule has 1 saturated heterocycles. The van der Waals surface area contributed by atoms with E-state index in [9.17, 15) is 4.79 Å². The molecule has 0 saturated carbocycles. The van der Waals surface area contributed by atoms with Crippen LogP contribution in [0.3, 0.4) is 0 Å². The van der Waals surface area contributed by atoms with Crippen LogP contribution in [0, 0.1) is 5.41 Å². The molecule has 0 spiro atoms. The van der Waals surface area contributed by atoms with Gasteiger partial charge in [0.05, 0.1) is 12.5 Å². The molecule has 2 rings (SSSR count). The van der Waals surface area contributed by atoms with Crippen LogP contribution in [0.4, 0.5) is 0 Å². The maximum atomic E-state index is 12.7. The van der Waals surface area contributed by atoms with Gasteiger partial charge in [0.2, 0.25) is 11.8 Å². The van der Waals surface area contributed by atoms with Crippen molar-refractivity contribution < 1.29 is 9.53 Å². The molecule has 1 fully saturated rings. The average Bonchev–Trinajstić information content (AvgIpc) is 2.54. The molecule has 0 aliphatic carbocycles. The van der Waals surface area contributed by atoms with Gasteiger partial charge in [-0.3, -0.25) is 4.79 Å². The van der Waals surface area contributed by atoms with Crippen LogP contribution in [0.1, 0.15) is 38.2 Å². The first-order chi connectivity index (χ1) is 10.2. The molecule has 2 N–H and O–H groups in total. The van der Waals surface area contributed by atoms with Crippen molar-refractivity contribution in [2.45, 2.75) is 39.2 Å². The number of hydrogen-bond donors (Lipinski definition) is 2. The summed E-state index contributed by atoms with van der Waals surface area (Å²) < 4.78 is 5.10. The van der Waals surface area contributed by atoms with Crippen LogP contribution < -0.4 is 15.4 Å². The number of hydrogen-bond acceptors (Lipinski definition) is 4. The summed E-state index contributed by atoms with van der Waals surface area (Å²) in [5, 5.41) is 6.43. The van der Waals surface area contributed by atoms with Gasteiger partial charge in [-0.05, 0) is 44.0 Å². The monoisotopic (exact) mass is 291 g/mol. The number of nitrogens with one attached hydrogen (secondary N) is 2. The quantitative estimate of drug-likeness (QED) is 0.840. The Bertz CT molecular complexity index is 465. The first-order valence-corrected chi connectivity index (χ1v) is 7.68. The molecule has 5 nitrogen and oxygen atoms in total.